The van der Waals surface area contributed by atoms with Crippen LogP contribution in [0, 0.1) is 6.92 Å². The molecule has 1 aromatic carbocycles. The van der Waals surface area contributed by atoms with Crippen molar-refractivity contribution in [1.29, 1.82) is 0 Å². The smallest absolute Gasteiger partial charge is 0.166 e. The molecule has 0 amide bonds. The van der Waals surface area contributed by atoms with Crippen LogP contribution in [0.2, 0.25) is 0 Å². The number of nitrogens with two attached hydrogens (primary N) is 1. The molecule has 0 bridgehead atoms. The van der Waals surface area contributed by atoms with E-state index in [2.05, 4.69) is 15.4 Å². The zero-order chi connectivity index (χ0) is 10.7. The molecule has 3 N–H and O–H groups in total. The normalized spacial score (nSPS) is 10.0. The average molecular weight is 200 g/mol. The largest absolute Gasteiger partial charge is 0.307 e. The molecular weight excluding hydrogens is 188 g/mol. The molecule has 0 radical (unpaired) electrons. The van der Waals surface area contributed by atoms with Crippen LogP contribution in [0.4, 0.5) is 5.82 Å². The number of nitrogen functional groups attached to an aromatic ring is 1. The number of hydrazine groups is 1. The summed E-state index contributed by atoms with van der Waals surface area (Å²) in [6.45, 7) is 2.04. The number of benzene rings is 1. The molecule has 0 unspecified atom stereocenters. The fourth-order valence-corrected chi connectivity index (χ4v) is 1.45. The fourth-order valence-electron chi connectivity index (χ4n) is 1.45. The van der Waals surface area contributed by atoms with Gasteiger partial charge in [-0.2, -0.15) is 0 Å². The van der Waals surface area contributed by atoms with E-state index in [9.17, 15) is 0 Å². The van der Waals surface area contributed by atoms with Gasteiger partial charge in [0.1, 0.15) is 5.69 Å². The molecule has 0 saturated heterocycles. The number of anilines is 1. The maximum absolute atomic E-state index is 5.37. The highest BCUT2D eigenvalue weighted by Crippen LogP contribution is 2.23. The van der Waals surface area contributed by atoms with Crippen molar-refractivity contribution < 1.29 is 0 Å². The Kier molecular flexibility index (Phi) is 2.60. The lowest BCUT2D eigenvalue weighted by atomic mass is 10.1. The monoisotopic (exact) mass is 200 g/mol. The zero-order valence-electron chi connectivity index (χ0n) is 8.44. The van der Waals surface area contributed by atoms with Crippen LogP contribution in [0.25, 0.3) is 11.3 Å². The van der Waals surface area contributed by atoms with Crippen LogP contribution in [0.5, 0.6) is 0 Å². The number of aryl methyl sites for hydroxylation is 1. The topological polar surface area (TPSA) is 63.8 Å². The van der Waals surface area contributed by atoms with Gasteiger partial charge in [-0.1, -0.05) is 23.8 Å². The zero-order valence-corrected chi connectivity index (χ0v) is 8.44. The molecule has 1 aromatic heterocycles. The molecule has 2 aromatic rings. The summed E-state index contributed by atoms with van der Waals surface area (Å²) < 4.78 is 0. The summed E-state index contributed by atoms with van der Waals surface area (Å²) in [6.07, 6.45) is 3.26. The third kappa shape index (κ3) is 1.94. The second kappa shape index (κ2) is 4.06. The van der Waals surface area contributed by atoms with E-state index in [1.807, 2.05) is 31.2 Å². The predicted octanol–water partition coefficient (Wildman–Crippen LogP) is 1.74. The second-order valence-electron chi connectivity index (χ2n) is 3.27. The minimum atomic E-state index is 0.586. The van der Waals surface area contributed by atoms with E-state index in [0.717, 1.165) is 11.3 Å². The van der Waals surface area contributed by atoms with E-state index in [1.165, 1.54) is 5.56 Å². The van der Waals surface area contributed by atoms with Gasteiger partial charge in [0.15, 0.2) is 5.82 Å². The number of hydrogen-bond acceptors (Lipinski definition) is 4. The molecule has 0 aliphatic carbocycles. The van der Waals surface area contributed by atoms with Crippen molar-refractivity contribution in [3.63, 3.8) is 0 Å². The van der Waals surface area contributed by atoms with Crippen molar-refractivity contribution in [2.45, 2.75) is 6.92 Å². The third-order valence-corrected chi connectivity index (χ3v) is 2.13. The van der Waals surface area contributed by atoms with Crippen molar-refractivity contribution in [1.82, 2.24) is 9.97 Å². The van der Waals surface area contributed by atoms with Gasteiger partial charge < -0.3 is 5.43 Å². The lowest BCUT2D eigenvalue weighted by Crippen LogP contribution is -2.10. The summed E-state index contributed by atoms with van der Waals surface area (Å²) in [5.41, 5.74) is 5.50. The summed E-state index contributed by atoms with van der Waals surface area (Å²) >= 11 is 0. The van der Waals surface area contributed by atoms with Crippen LogP contribution in [0.15, 0.2) is 36.7 Å². The fraction of sp³-hybridized carbons (Fsp3) is 0.0909. The van der Waals surface area contributed by atoms with Crippen molar-refractivity contribution >= 4 is 5.82 Å². The average Bonchev–Trinajstić information content (AvgIpc) is 2.29. The van der Waals surface area contributed by atoms with Crippen LogP contribution in [-0.4, -0.2) is 9.97 Å². The summed E-state index contributed by atoms with van der Waals surface area (Å²) in [6, 6.07) is 8.05. The van der Waals surface area contributed by atoms with Crippen molar-refractivity contribution in [2.75, 3.05) is 5.43 Å². The predicted molar refractivity (Wildman–Crippen MR) is 60.0 cm³/mol. The van der Waals surface area contributed by atoms with Gasteiger partial charge >= 0.3 is 0 Å². The molecule has 0 fully saturated rings. The quantitative estimate of drug-likeness (QED) is 0.572. The summed E-state index contributed by atoms with van der Waals surface area (Å²) in [7, 11) is 0. The van der Waals surface area contributed by atoms with Crippen LogP contribution < -0.4 is 11.3 Å². The molecule has 2 rings (SSSR count). The van der Waals surface area contributed by atoms with E-state index in [0.29, 0.717) is 5.82 Å². The first kappa shape index (κ1) is 9.61. The molecule has 0 atom stereocenters. The molecule has 0 saturated carbocycles. The molecule has 4 heteroatoms. The molecule has 4 nitrogen and oxygen atoms in total. The Morgan fingerprint density at radius 3 is 2.73 bits per heavy atom. The third-order valence-electron chi connectivity index (χ3n) is 2.13. The van der Waals surface area contributed by atoms with Crippen molar-refractivity contribution in [3.8, 4) is 11.3 Å². The van der Waals surface area contributed by atoms with E-state index < -0.39 is 0 Å². The maximum Gasteiger partial charge on any atom is 0.166 e. The van der Waals surface area contributed by atoms with E-state index in [-0.39, 0.29) is 0 Å². The van der Waals surface area contributed by atoms with Gasteiger partial charge in [-0.25, -0.2) is 10.8 Å². The molecular formula is C11H12N4. The molecule has 15 heavy (non-hydrogen) atoms. The van der Waals surface area contributed by atoms with Crippen LogP contribution >= 0.6 is 0 Å². The number of hydrogen-bond donors (Lipinski definition) is 2. The highest BCUT2D eigenvalue weighted by molar-refractivity contribution is 5.71. The Morgan fingerprint density at radius 1 is 1.20 bits per heavy atom. The lowest BCUT2D eigenvalue weighted by molar-refractivity contribution is 1.16. The van der Waals surface area contributed by atoms with Gasteiger partial charge in [-0.05, 0) is 13.0 Å². The minimum Gasteiger partial charge on any atom is -0.307 e. The van der Waals surface area contributed by atoms with Crippen molar-refractivity contribution in [3.05, 3.63) is 42.2 Å². The van der Waals surface area contributed by atoms with E-state index in [4.69, 9.17) is 5.84 Å². The Hall–Kier alpha value is -1.94. The minimum absolute atomic E-state index is 0.586. The van der Waals surface area contributed by atoms with Gasteiger partial charge in [-0.15, -0.1) is 0 Å². The Labute approximate surface area is 88.2 Å². The van der Waals surface area contributed by atoms with Crippen LogP contribution in [-0.2, 0) is 0 Å². The standard InChI is InChI=1S/C11H12N4/c1-8-3-2-4-9(7-8)10-11(15-12)14-6-5-13-10/h2-7H,12H2,1H3,(H,14,15). The highest BCUT2D eigenvalue weighted by Gasteiger charge is 2.05. The molecule has 76 valence electrons. The number of aromatic nitrogens is 2. The maximum atomic E-state index is 5.37. The van der Waals surface area contributed by atoms with Gasteiger partial charge in [0, 0.05) is 18.0 Å². The Morgan fingerprint density at radius 2 is 2.00 bits per heavy atom. The van der Waals surface area contributed by atoms with Gasteiger partial charge in [0.2, 0.25) is 0 Å². The number of rotatable bonds is 2. The first-order valence-corrected chi connectivity index (χ1v) is 4.66. The summed E-state index contributed by atoms with van der Waals surface area (Å²) in [5.74, 6) is 5.96. The van der Waals surface area contributed by atoms with Gasteiger partial charge in [0.25, 0.3) is 0 Å². The Balaban J connectivity index is 2.53. The van der Waals surface area contributed by atoms with Gasteiger partial charge in [-0.3, -0.25) is 4.98 Å². The molecule has 0 aliphatic heterocycles. The van der Waals surface area contributed by atoms with E-state index >= 15 is 0 Å². The second-order valence-corrected chi connectivity index (χ2v) is 3.27. The van der Waals surface area contributed by atoms with Crippen molar-refractivity contribution in [2.24, 2.45) is 5.84 Å². The molecule has 1 heterocycles. The molecule has 0 spiro atoms. The van der Waals surface area contributed by atoms with Crippen LogP contribution in [0.3, 0.4) is 0 Å². The molecule has 0 aliphatic rings. The lowest BCUT2D eigenvalue weighted by Gasteiger charge is -2.06. The number of nitrogens with zero attached hydrogens (tertiary/aromatic N) is 2. The van der Waals surface area contributed by atoms with Gasteiger partial charge in [0.05, 0.1) is 0 Å². The summed E-state index contributed by atoms with van der Waals surface area (Å²) in [5, 5.41) is 0. The SMILES string of the molecule is Cc1cccc(-c2nccnc2NN)c1. The number of nitrogens with one attached hydrogen (secondary N) is 1. The Bertz CT molecular complexity index is 468. The first-order valence-electron chi connectivity index (χ1n) is 4.66. The first-order chi connectivity index (χ1) is 7.31. The highest BCUT2D eigenvalue weighted by atomic mass is 15.3. The van der Waals surface area contributed by atoms with Crippen LogP contribution in [0.1, 0.15) is 5.56 Å². The summed E-state index contributed by atoms with van der Waals surface area (Å²) in [4.78, 5) is 8.36. The van der Waals surface area contributed by atoms with E-state index in [1.54, 1.807) is 12.4 Å².